The maximum absolute atomic E-state index is 12.1. The lowest BCUT2D eigenvalue weighted by Gasteiger charge is -2.20. The Labute approximate surface area is 123 Å². The van der Waals surface area contributed by atoms with Crippen LogP contribution in [-0.2, 0) is 0 Å². The summed E-state index contributed by atoms with van der Waals surface area (Å²) in [5.41, 5.74) is 0.476. The molecular formula is C15H18N2O4. The van der Waals surface area contributed by atoms with Gasteiger partial charge in [0.15, 0.2) is 0 Å². The van der Waals surface area contributed by atoms with Gasteiger partial charge < -0.3 is 20.1 Å². The lowest BCUT2D eigenvalue weighted by molar-refractivity contribution is 0.0693. The molecule has 6 heteroatoms. The number of carbonyl (C=O) groups excluding carboxylic acids is 1. The highest BCUT2D eigenvalue weighted by molar-refractivity contribution is 5.94. The molecule has 0 aliphatic rings. The second-order valence-corrected chi connectivity index (χ2v) is 4.13. The molecule has 6 nitrogen and oxygen atoms in total. The zero-order valence-electron chi connectivity index (χ0n) is 11.8. The molecule has 1 aromatic rings. The Hall–Kier alpha value is -2.76. The van der Waals surface area contributed by atoms with Crippen molar-refractivity contribution in [3.05, 3.63) is 49.1 Å². The van der Waals surface area contributed by atoms with E-state index in [1.165, 1.54) is 30.2 Å². The number of urea groups is 1. The van der Waals surface area contributed by atoms with E-state index in [1.807, 2.05) is 0 Å². The molecule has 2 N–H and O–H groups in total. The van der Waals surface area contributed by atoms with Crippen molar-refractivity contribution in [3.8, 4) is 5.75 Å². The minimum atomic E-state index is -1.09. The Balaban J connectivity index is 2.91. The Morgan fingerprint density at radius 1 is 1.33 bits per heavy atom. The van der Waals surface area contributed by atoms with Crippen LogP contribution in [-0.4, -0.2) is 42.2 Å². The van der Waals surface area contributed by atoms with Gasteiger partial charge >= 0.3 is 12.0 Å². The molecular weight excluding hydrogens is 272 g/mol. The van der Waals surface area contributed by atoms with Gasteiger partial charge in [-0.3, -0.25) is 0 Å². The summed E-state index contributed by atoms with van der Waals surface area (Å²) < 4.78 is 5.01. The first-order chi connectivity index (χ1) is 10.0. The van der Waals surface area contributed by atoms with E-state index in [0.29, 0.717) is 18.8 Å². The highest BCUT2D eigenvalue weighted by Gasteiger charge is 2.14. The fourth-order valence-corrected chi connectivity index (χ4v) is 1.70. The van der Waals surface area contributed by atoms with Crippen LogP contribution in [0.15, 0.2) is 43.5 Å². The number of carboxylic acids is 1. The number of rotatable bonds is 7. The molecule has 0 atom stereocenters. The first kappa shape index (κ1) is 16.3. The Bertz CT molecular complexity index is 545. The first-order valence-electron chi connectivity index (χ1n) is 6.22. The highest BCUT2D eigenvalue weighted by Crippen LogP contribution is 2.23. The molecule has 0 spiro atoms. The average Bonchev–Trinajstić information content (AvgIpc) is 2.46. The van der Waals surface area contributed by atoms with E-state index in [1.54, 1.807) is 12.2 Å². The number of nitrogens with one attached hydrogen (secondary N) is 1. The van der Waals surface area contributed by atoms with Crippen molar-refractivity contribution in [1.29, 1.82) is 0 Å². The third-order valence-electron chi connectivity index (χ3n) is 2.67. The van der Waals surface area contributed by atoms with Crippen LogP contribution in [0.2, 0.25) is 0 Å². The van der Waals surface area contributed by atoms with Crippen molar-refractivity contribution in [3.63, 3.8) is 0 Å². The van der Waals surface area contributed by atoms with Crippen molar-refractivity contribution >= 4 is 17.7 Å². The zero-order chi connectivity index (χ0) is 15.8. The highest BCUT2D eigenvalue weighted by atomic mass is 16.5. The second-order valence-electron chi connectivity index (χ2n) is 4.13. The summed E-state index contributed by atoms with van der Waals surface area (Å²) in [5.74, 6) is -0.913. The number of carbonyl (C=O) groups is 2. The predicted molar refractivity (Wildman–Crippen MR) is 80.9 cm³/mol. The van der Waals surface area contributed by atoms with Crippen molar-refractivity contribution in [2.75, 3.05) is 25.5 Å². The smallest absolute Gasteiger partial charge is 0.339 e. The van der Waals surface area contributed by atoms with Gasteiger partial charge in [-0.05, 0) is 12.1 Å². The van der Waals surface area contributed by atoms with Crippen LogP contribution in [0.25, 0.3) is 0 Å². The molecule has 0 aliphatic heterocycles. The van der Waals surface area contributed by atoms with Gasteiger partial charge in [0.1, 0.15) is 11.3 Å². The maximum atomic E-state index is 12.1. The van der Waals surface area contributed by atoms with Crippen LogP contribution in [0, 0.1) is 0 Å². The number of anilines is 1. The average molecular weight is 290 g/mol. The van der Waals surface area contributed by atoms with Crippen LogP contribution < -0.4 is 10.1 Å². The van der Waals surface area contributed by atoms with E-state index in [2.05, 4.69) is 18.5 Å². The number of carboxylic acid groups (broad SMARTS) is 1. The third kappa shape index (κ3) is 4.38. The van der Waals surface area contributed by atoms with E-state index in [-0.39, 0.29) is 17.3 Å². The van der Waals surface area contributed by atoms with Gasteiger partial charge in [-0.25, -0.2) is 9.59 Å². The number of methoxy groups -OCH3 is 1. The molecule has 0 saturated carbocycles. The normalized spacial score (nSPS) is 9.57. The summed E-state index contributed by atoms with van der Waals surface area (Å²) in [6.07, 6.45) is 3.22. The predicted octanol–water partition coefficient (Wildman–Crippen LogP) is 2.60. The number of ether oxygens (including phenoxy) is 1. The Morgan fingerprint density at radius 2 is 1.95 bits per heavy atom. The SMILES string of the molecule is C=CCN(CC=C)C(=O)Nc1ccc(C(=O)O)c(OC)c1. The molecule has 0 aromatic heterocycles. The number of nitrogens with zero attached hydrogens (tertiary/aromatic N) is 1. The van der Waals surface area contributed by atoms with Crippen LogP contribution >= 0.6 is 0 Å². The molecule has 0 aliphatic carbocycles. The largest absolute Gasteiger partial charge is 0.496 e. The molecule has 0 fully saturated rings. The first-order valence-corrected chi connectivity index (χ1v) is 6.22. The second kappa shape index (κ2) is 7.74. The summed E-state index contributed by atoms with van der Waals surface area (Å²) in [6, 6.07) is 4.01. The molecule has 0 bridgehead atoms. The summed E-state index contributed by atoms with van der Waals surface area (Å²) >= 11 is 0. The van der Waals surface area contributed by atoms with Gasteiger partial charge in [0.25, 0.3) is 0 Å². The third-order valence-corrected chi connectivity index (χ3v) is 2.67. The van der Waals surface area contributed by atoms with Gasteiger partial charge in [0.2, 0.25) is 0 Å². The molecule has 0 saturated heterocycles. The number of amides is 2. The van der Waals surface area contributed by atoms with Crippen molar-refractivity contribution in [2.24, 2.45) is 0 Å². The van der Waals surface area contributed by atoms with Crippen molar-refractivity contribution in [1.82, 2.24) is 4.90 Å². The van der Waals surface area contributed by atoms with Gasteiger partial charge in [-0.1, -0.05) is 12.2 Å². The van der Waals surface area contributed by atoms with Crippen molar-refractivity contribution < 1.29 is 19.4 Å². The lowest BCUT2D eigenvalue weighted by Crippen LogP contribution is -2.35. The minimum Gasteiger partial charge on any atom is -0.496 e. The van der Waals surface area contributed by atoms with E-state index in [4.69, 9.17) is 9.84 Å². The fourth-order valence-electron chi connectivity index (χ4n) is 1.70. The van der Waals surface area contributed by atoms with Crippen LogP contribution in [0.1, 0.15) is 10.4 Å². The number of hydrogen-bond donors (Lipinski definition) is 2. The summed E-state index contributed by atoms with van der Waals surface area (Å²) in [7, 11) is 1.37. The molecule has 1 aromatic carbocycles. The van der Waals surface area contributed by atoms with Gasteiger partial charge in [-0.15, -0.1) is 13.2 Å². The van der Waals surface area contributed by atoms with Gasteiger partial charge in [0.05, 0.1) is 7.11 Å². The number of hydrogen-bond acceptors (Lipinski definition) is 3. The fraction of sp³-hybridized carbons (Fsp3) is 0.200. The van der Waals surface area contributed by atoms with Crippen LogP contribution in [0.4, 0.5) is 10.5 Å². The molecule has 1 rings (SSSR count). The molecule has 0 radical (unpaired) electrons. The summed E-state index contributed by atoms with van der Waals surface area (Å²) in [6.45, 7) is 7.93. The standard InChI is InChI=1S/C15H18N2O4/c1-4-8-17(9-5-2)15(20)16-11-6-7-12(14(18)19)13(10-11)21-3/h4-7,10H,1-2,8-9H2,3H3,(H,16,20)(H,18,19). The van der Waals surface area contributed by atoms with Crippen molar-refractivity contribution in [2.45, 2.75) is 0 Å². The zero-order valence-corrected chi connectivity index (χ0v) is 11.8. The molecule has 0 unspecified atom stereocenters. The Kier molecular flexibility index (Phi) is 6.00. The maximum Gasteiger partial charge on any atom is 0.339 e. The minimum absolute atomic E-state index is 0.0320. The summed E-state index contributed by atoms with van der Waals surface area (Å²) in [4.78, 5) is 24.6. The topological polar surface area (TPSA) is 78.9 Å². The molecule has 112 valence electrons. The van der Waals surface area contributed by atoms with E-state index in [9.17, 15) is 9.59 Å². The number of aromatic carboxylic acids is 1. The van der Waals surface area contributed by atoms with E-state index < -0.39 is 5.97 Å². The van der Waals surface area contributed by atoms with E-state index in [0.717, 1.165) is 0 Å². The Morgan fingerprint density at radius 3 is 2.43 bits per heavy atom. The molecule has 0 heterocycles. The molecule has 21 heavy (non-hydrogen) atoms. The summed E-state index contributed by atoms with van der Waals surface area (Å²) in [5, 5.41) is 11.7. The van der Waals surface area contributed by atoms with Crippen LogP contribution in [0.3, 0.4) is 0 Å². The lowest BCUT2D eigenvalue weighted by atomic mass is 10.2. The molecule has 2 amide bonds. The van der Waals surface area contributed by atoms with Gasteiger partial charge in [-0.2, -0.15) is 0 Å². The quantitative estimate of drug-likeness (QED) is 0.756. The van der Waals surface area contributed by atoms with E-state index >= 15 is 0 Å². The van der Waals surface area contributed by atoms with Gasteiger partial charge in [0, 0.05) is 24.8 Å². The van der Waals surface area contributed by atoms with Crippen LogP contribution in [0.5, 0.6) is 5.75 Å². The monoisotopic (exact) mass is 290 g/mol. The number of benzene rings is 1.